The van der Waals surface area contributed by atoms with Crippen LogP contribution in [0.15, 0.2) is 36.4 Å². The monoisotopic (exact) mass is 327 g/mol. The molecule has 0 aliphatic rings. The van der Waals surface area contributed by atoms with Gasteiger partial charge in [-0.05, 0) is 32.9 Å². The van der Waals surface area contributed by atoms with Gasteiger partial charge in [0.15, 0.2) is 0 Å². The summed E-state index contributed by atoms with van der Waals surface area (Å²) in [6.07, 6.45) is 0.281. The van der Waals surface area contributed by atoms with Crippen molar-refractivity contribution in [1.82, 2.24) is 5.32 Å². The number of hydrogen-bond donors (Lipinski definition) is 1. The Morgan fingerprint density at radius 2 is 1.58 bits per heavy atom. The highest BCUT2D eigenvalue weighted by Crippen LogP contribution is 2.26. The summed E-state index contributed by atoms with van der Waals surface area (Å²) < 4.78 is 10.7. The van der Waals surface area contributed by atoms with Gasteiger partial charge in [0.2, 0.25) is 5.91 Å². The molecule has 0 aromatic heterocycles. The van der Waals surface area contributed by atoms with Gasteiger partial charge in [-0.1, -0.05) is 35.4 Å². The molecule has 0 saturated carbocycles. The minimum absolute atomic E-state index is 0.0463. The molecule has 0 unspecified atom stereocenters. The summed E-state index contributed by atoms with van der Waals surface area (Å²) in [5, 5.41) is 3.04. The summed E-state index contributed by atoms with van der Waals surface area (Å²) >= 11 is 0. The van der Waals surface area contributed by atoms with E-state index >= 15 is 0 Å². The first-order valence-electron chi connectivity index (χ1n) is 8.02. The highest BCUT2D eigenvalue weighted by Gasteiger charge is 2.16. The molecule has 0 bridgehead atoms. The maximum atomic E-state index is 12.5. The molecule has 2 aromatic carbocycles. The van der Waals surface area contributed by atoms with Gasteiger partial charge in [-0.3, -0.25) is 4.79 Å². The van der Waals surface area contributed by atoms with Gasteiger partial charge in [0, 0.05) is 11.1 Å². The molecule has 0 heterocycles. The number of rotatable bonds is 6. The molecule has 1 atom stereocenters. The summed E-state index contributed by atoms with van der Waals surface area (Å²) in [6, 6.07) is 11.7. The summed E-state index contributed by atoms with van der Waals surface area (Å²) in [6.45, 7) is 5.98. The largest absolute Gasteiger partial charge is 0.496 e. The lowest BCUT2D eigenvalue weighted by Crippen LogP contribution is -2.28. The summed E-state index contributed by atoms with van der Waals surface area (Å²) in [7, 11) is 3.26. The average molecular weight is 327 g/mol. The molecule has 24 heavy (non-hydrogen) atoms. The third-order valence-electron chi connectivity index (χ3n) is 4.02. The van der Waals surface area contributed by atoms with Gasteiger partial charge in [0.1, 0.15) is 11.5 Å². The third kappa shape index (κ3) is 4.28. The Morgan fingerprint density at radius 1 is 1.00 bits per heavy atom. The Kier molecular flexibility index (Phi) is 5.85. The first-order valence-corrected chi connectivity index (χ1v) is 8.02. The molecule has 128 valence electrons. The maximum Gasteiger partial charge on any atom is 0.225 e. The lowest BCUT2D eigenvalue weighted by Gasteiger charge is -2.18. The number of nitrogens with one attached hydrogen (secondary N) is 1. The fraction of sp³-hybridized carbons (Fsp3) is 0.350. The quantitative estimate of drug-likeness (QED) is 0.879. The van der Waals surface area contributed by atoms with Crippen molar-refractivity contribution in [1.29, 1.82) is 0 Å². The second-order valence-corrected chi connectivity index (χ2v) is 6.03. The Balaban J connectivity index is 2.13. The number of benzene rings is 2. The second kappa shape index (κ2) is 7.86. The molecule has 0 saturated heterocycles. The smallest absolute Gasteiger partial charge is 0.225 e. The number of carbonyl (C=O) groups is 1. The zero-order chi connectivity index (χ0) is 17.7. The van der Waals surface area contributed by atoms with Crippen molar-refractivity contribution in [3.05, 3.63) is 58.7 Å². The standard InChI is InChI=1S/C20H25NO3/c1-13-6-8-18(23-4)16(10-13)12-20(22)21-15(3)17-11-14(2)7-9-19(17)24-5/h6-11,15H,12H2,1-5H3,(H,21,22)/t15-/m0/s1. The van der Waals surface area contributed by atoms with Crippen LogP contribution in [0.2, 0.25) is 0 Å². The first kappa shape index (κ1) is 17.9. The molecule has 4 nitrogen and oxygen atoms in total. The van der Waals surface area contributed by atoms with Gasteiger partial charge in [-0.2, -0.15) is 0 Å². The summed E-state index contributed by atoms with van der Waals surface area (Å²) in [4.78, 5) is 12.5. The maximum absolute atomic E-state index is 12.5. The van der Waals surface area contributed by atoms with Crippen LogP contribution in [0.25, 0.3) is 0 Å². The molecular formula is C20H25NO3. The Morgan fingerprint density at radius 3 is 2.21 bits per heavy atom. The van der Waals surface area contributed by atoms with E-state index in [4.69, 9.17) is 9.47 Å². The number of aryl methyl sites for hydroxylation is 2. The molecule has 4 heteroatoms. The van der Waals surface area contributed by atoms with Crippen LogP contribution in [-0.4, -0.2) is 20.1 Å². The molecular weight excluding hydrogens is 302 g/mol. The Hall–Kier alpha value is -2.49. The number of carbonyl (C=O) groups excluding carboxylic acids is 1. The van der Waals surface area contributed by atoms with Crippen molar-refractivity contribution in [3.8, 4) is 11.5 Å². The lowest BCUT2D eigenvalue weighted by atomic mass is 10.0. The second-order valence-electron chi connectivity index (χ2n) is 6.03. The van der Waals surface area contributed by atoms with Gasteiger partial charge in [-0.15, -0.1) is 0 Å². The van der Waals surface area contributed by atoms with E-state index in [0.717, 1.165) is 33.8 Å². The highest BCUT2D eigenvalue weighted by atomic mass is 16.5. The predicted molar refractivity (Wildman–Crippen MR) is 95.7 cm³/mol. The van der Waals surface area contributed by atoms with E-state index in [2.05, 4.69) is 5.32 Å². The molecule has 2 rings (SSSR count). The van der Waals surface area contributed by atoms with E-state index in [-0.39, 0.29) is 18.4 Å². The molecule has 1 amide bonds. The van der Waals surface area contributed by atoms with Crippen LogP contribution in [0.3, 0.4) is 0 Å². The van der Waals surface area contributed by atoms with Crippen molar-refractivity contribution in [3.63, 3.8) is 0 Å². The van der Waals surface area contributed by atoms with Gasteiger partial charge >= 0.3 is 0 Å². The van der Waals surface area contributed by atoms with Gasteiger partial charge in [-0.25, -0.2) is 0 Å². The lowest BCUT2D eigenvalue weighted by molar-refractivity contribution is -0.121. The van der Waals surface area contributed by atoms with Crippen LogP contribution in [0, 0.1) is 13.8 Å². The van der Waals surface area contributed by atoms with Crippen LogP contribution >= 0.6 is 0 Å². The van der Waals surface area contributed by atoms with Crippen LogP contribution < -0.4 is 14.8 Å². The van der Waals surface area contributed by atoms with Gasteiger partial charge < -0.3 is 14.8 Å². The Bertz CT molecular complexity index is 725. The third-order valence-corrected chi connectivity index (χ3v) is 4.02. The minimum atomic E-state index is -0.136. The van der Waals surface area contributed by atoms with Crippen LogP contribution in [0.1, 0.15) is 35.2 Å². The van der Waals surface area contributed by atoms with Crippen molar-refractivity contribution < 1.29 is 14.3 Å². The SMILES string of the molecule is COc1ccc(C)cc1CC(=O)N[C@@H](C)c1cc(C)ccc1OC. The fourth-order valence-electron chi connectivity index (χ4n) is 2.78. The number of hydrogen-bond acceptors (Lipinski definition) is 3. The topological polar surface area (TPSA) is 47.6 Å². The number of amides is 1. The molecule has 0 aliphatic heterocycles. The van der Waals surface area contributed by atoms with Gasteiger partial charge in [0.05, 0.1) is 26.7 Å². The predicted octanol–water partition coefficient (Wildman–Crippen LogP) is 3.74. The van der Waals surface area contributed by atoms with E-state index in [1.54, 1.807) is 14.2 Å². The summed E-state index contributed by atoms with van der Waals surface area (Å²) in [5.41, 5.74) is 4.10. The molecule has 0 radical (unpaired) electrons. The molecule has 2 aromatic rings. The van der Waals surface area contributed by atoms with Crippen molar-refractivity contribution in [2.75, 3.05) is 14.2 Å². The van der Waals surface area contributed by atoms with E-state index in [0.29, 0.717) is 0 Å². The minimum Gasteiger partial charge on any atom is -0.496 e. The first-order chi connectivity index (χ1) is 11.4. The zero-order valence-electron chi connectivity index (χ0n) is 15.0. The fourth-order valence-corrected chi connectivity index (χ4v) is 2.78. The van der Waals surface area contributed by atoms with Crippen LogP contribution in [0.5, 0.6) is 11.5 Å². The van der Waals surface area contributed by atoms with E-state index in [1.165, 1.54) is 0 Å². The normalized spacial score (nSPS) is 11.7. The number of ether oxygens (including phenoxy) is 2. The summed E-state index contributed by atoms with van der Waals surface area (Å²) in [5.74, 6) is 1.47. The van der Waals surface area contributed by atoms with E-state index < -0.39 is 0 Å². The highest BCUT2D eigenvalue weighted by molar-refractivity contribution is 5.80. The van der Waals surface area contributed by atoms with Crippen molar-refractivity contribution >= 4 is 5.91 Å². The molecule has 0 spiro atoms. The zero-order valence-corrected chi connectivity index (χ0v) is 15.0. The molecule has 0 fully saturated rings. The molecule has 0 aliphatic carbocycles. The van der Waals surface area contributed by atoms with Crippen LogP contribution in [0.4, 0.5) is 0 Å². The van der Waals surface area contributed by atoms with Crippen molar-refractivity contribution in [2.45, 2.75) is 33.2 Å². The van der Waals surface area contributed by atoms with Crippen molar-refractivity contribution in [2.24, 2.45) is 0 Å². The van der Waals surface area contributed by atoms with E-state index in [1.807, 2.05) is 57.2 Å². The average Bonchev–Trinajstić information content (AvgIpc) is 2.54. The van der Waals surface area contributed by atoms with E-state index in [9.17, 15) is 4.79 Å². The number of methoxy groups -OCH3 is 2. The van der Waals surface area contributed by atoms with Gasteiger partial charge in [0.25, 0.3) is 0 Å². The van der Waals surface area contributed by atoms with Crippen LogP contribution in [-0.2, 0) is 11.2 Å². The molecule has 1 N–H and O–H groups in total. The Labute approximate surface area is 143 Å².